The number of aldehydes is 1. The van der Waals surface area contributed by atoms with E-state index in [1.54, 1.807) is 18.2 Å². The second-order valence-electron chi connectivity index (χ2n) is 5.57. The number of hydrogen-bond acceptors (Lipinski definition) is 3. The first-order chi connectivity index (χ1) is 11.1. The summed E-state index contributed by atoms with van der Waals surface area (Å²) in [6.07, 6.45) is 1.77. The Bertz CT molecular complexity index is 666. The maximum Gasteiger partial charge on any atom is 0.224 e. The third kappa shape index (κ3) is 5.25. The molecule has 2 aromatic carbocycles. The van der Waals surface area contributed by atoms with Crippen molar-refractivity contribution in [1.82, 2.24) is 0 Å². The Morgan fingerprint density at radius 1 is 1.17 bits per heavy atom. The van der Waals surface area contributed by atoms with E-state index in [1.807, 2.05) is 44.2 Å². The molecule has 0 aliphatic carbocycles. The lowest BCUT2D eigenvalue weighted by atomic mass is 10.1. The summed E-state index contributed by atoms with van der Waals surface area (Å²) in [4.78, 5) is 23.1. The average molecular weight is 311 g/mol. The van der Waals surface area contributed by atoms with Gasteiger partial charge in [0.15, 0.2) is 0 Å². The van der Waals surface area contributed by atoms with E-state index in [-0.39, 0.29) is 12.0 Å². The summed E-state index contributed by atoms with van der Waals surface area (Å²) >= 11 is 0. The lowest BCUT2D eigenvalue weighted by Gasteiger charge is -2.15. The highest BCUT2D eigenvalue weighted by molar-refractivity contribution is 5.93. The molecule has 4 nitrogen and oxygen atoms in total. The average Bonchev–Trinajstić information content (AvgIpc) is 2.55. The van der Waals surface area contributed by atoms with Gasteiger partial charge in [-0.2, -0.15) is 0 Å². The molecule has 2 aromatic rings. The van der Waals surface area contributed by atoms with Crippen LogP contribution in [0.5, 0.6) is 5.75 Å². The molecular weight excluding hydrogens is 290 g/mol. The zero-order chi connectivity index (χ0) is 16.7. The largest absolute Gasteiger partial charge is 0.489 e. The van der Waals surface area contributed by atoms with Crippen LogP contribution in [0.1, 0.15) is 36.2 Å². The monoisotopic (exact) mass is 311 g/mol. The predicted octanol–water partition coefficient (Wildman–Crippen LogP) is 3.86. The Kier molecular flexibility index (Phi) is 5.92. The van der Waals surface area contributed by atoms with Crippen LogP contribution in [0, 0.1) is 0 Å². The molecule has 0 radical (unpaired) electrons. The van der Waals surface area contributed by atoms with E-state index < -0.39 is 0 Å². The van der Waals surface area contributed by atoms with E-state index in [9.17, 15) is 9.59 Å². The van der Waals surface area contributed by atoms with Gasteiger partial charge in [0, 0.05) is 12.0 Å². The van der Waals surface area contributed by atoms with E-state index in [2.05, 4.69) is 5.32 Å². The van der Waals surface area contributed by atoms with Crippen LogP contribution in [-0.4, -0.2) is 18.3 Å². The summed E-state index contributed by atoms with van der Waals surface area (Å²) in [6.45, 7) is 3.82. The highest BCUT2D eigenvalue weighted by Gasteiger charge is 2.10. The summed E-state index contributed by atoms with van der Waals surface area (Å²) in [7, 11) is 0. The molecule has 0 bridgehead atoms. The molecule has 0 aliphatic rings. The molecule has 120 valence electrons. The molecule has 0 spiro atoms. The standard InChI is InChI=1S/C19H21NO3/c1-14(2)23-18-10-8-16(13-21)12-17(18)20-19(22)11-9-15-6-4-3-5-7-15/h3-8,10,12-14H,9,11H2,1-2H3,(H,20,22). The molecule has 0 aliphatic heterocycles. The first-order valence-corrected chi connectivity index (χ1v) is 7.68. The molecule has 0 saturated heterocycles. The molecular formula is C19H21NO3. The number of amides is 1. The van der Waals surface area contributed by atoms with E-state index >= 15 is 0 Å². The number of anilines is 1. The van der Waals surface area contributed by atoms with Gasteiger partial charge in [0.05, 0.1) is 11.8 Å². The second kappa shape index (κ2) is 8.13. The van der Waals surface area contributed by atoms with Crippen molar-refractivity contribution in [3.63, 3.8) is 0 Å². The van der Waals surface area contributed by atoms with Crippen molar-refractivity contribution in [2.45, 2.75) is 32.8 Å². The summed E-state index contributed by atoms with van der Waals surface area (Å²) in [5, 5.41) is 2.84. The highest BCUT2D eigenvalue weighted by Crippen LogP contribution is 2.26. The maximum absolute atomic E-state index is 12.2. The number of benzene rings is 2. The molecule has 1 amide bonds. The summed E-state index contributed by atoms with van der Waals surface area (Å²) in [6, 6.07) is 14.8. The van der Waals surface area contributed by atoms with Crippen LogP contribution in [0.25, 0.3) is 0 Å². The molecule has 2 rings (SSSR count). The Balaban J connectivity index is 2.04. The number of aryl methyl sites for hydroxylation is 1. The van der Waals surface area contributed by atoms with Gasteiger partial charge < -0.3 is 10.1 Å². The van der Waals surface area contributed by atoms with E-state index in [0.29, 0.717) is 29.8 Å². The van der Waals surface area contributed by atoms with Crippen LogP contribution in [0.3, 0.4) is 0 Å². The summed E-state index contributed by atoms with van der Waals surface area (Å²) in [5.41, 5.74) is 2.14. The van der Waals surface area contributed by atoms with E-state index in [4.69, 9.17) is 4.74 Å². The van der Waals surface area contributed by atoms with Gasteiger partial charge in [0.2, 0.25) is 5.91 Å². The lowest BCUT2D eigenvalue weighted by Crippen LogP contribution is -2.15. The quantitative estimate of drug-likeness (QED) is 0.790. The minimum atomic E-state index is -0.106. The maximum atomic E-state index is 12.2. The van der Waals surface area contributed by atoms with Crippen LogP contribution in [0.2, 0.25) is 0 Å². The molecule has 0 heterocycles. The van der Waals surface area contributed by atoms with Crippen LogP contribution in [-0.2, 0) is 11.2 Å². The van der Waals surface area contributed by atoms with Gasteiger partial charge in [0.1, 0.15) is 12.0 Å². The lowest BCUT2D eigenvalue weighted by molar-refractivity contribution is -0.116. The predicted molar refractivity (Wildman–Crippen MR) is 91.0 cm³/mol. The van der Waals surface area contributed by atoms with Gasteiger partial charge in [0.25, 0.3) is 0 Å². The van der Waals surface area contributed by atoms with Crippen LogP contribution in [0.4, 0.5) is 5.69 Å². The van der Waals surface area contributed by atoms with E-state index in [1.165, 1.54) is 0 Å². The van der Waals surface area contributed by atoms with E-state index in [0.717, 1.165) is 11.8 Å². The third-order valence-corrected chi connectivity index (χ3v) is 3.26. The van der Waals surface area contributed by atoms with Gasteiger partial charge in [-0.1, -0.05) is 30.3 Å². The van der Waals surface area contributed by atoms with Crippen molar-refractivity contribution in [1.29, 1.82) is 0 Å². The Morgan fingerprint density at radius 2 is 1.91 bits per heavy atom. The van der Waals surface area contributed by atoms with Gasteiger partial charge in [-0.25, -0.2) is 0 Å². The minimum absolute atomic E-state index is 0.0166. The molecule has 4 heteroatoms. The van der Waals surface area contributed by atoms with Crippen molar-refractivity contribution in [2.75, 3.05) is 5.32 Å². The molecule has 1 N–H and O–H groups in total. The first-order valence-electron chi connectivity index (χ1n) is 7.68. The number of carbonyl (C=O) groups excluding carboxylic acids is 2. The van der Waals surface area contributed by atoms with Gasteiger partial charge >= 0.3 is 0 Å². The Labute approximate surface area is 136 Å². The molecule has 0 saturated carbocycles. The number of hydrogen-bond donors (Lipinski definition) is 1. The normalized spacial score (nSPS) is 10.4. The smallest absolute Gasteiger partial charge is 0.224 e. The molecule has 0 fully saturated rings. The fourth-order valence-electron chi connectivity index (χ4n) is 2.19. The van der Waals surface area contributed by atoms with Crippen molar-refractivity contribution >= 4 is 17.9 Å². The zero-order valence-electron chi connectivity index (χ0n) is 13.4. The minimum Gasteiger partial charge on any atom is -0.489 e. The zero-order valence-corrected chi connectivity index (χ0v) is 13.4. The van der Waals surface area contributed by atoms with Crippen LogP contribution in [0.15, 0.2) is 48.5 Å². The highest BCUT2D eigenvalue weighted by atomic mass is 16.5. The van der Waals surface area contributed by atoms with Crippen LogP contribution < -0.4 is 10.1 Å². The molecule has 23 heavy (non-hydrogen) atoms. The fraction of sp³-hybridized carbons (Fsp3) is 0.263. The number of ether oxygens (including phenoxy) is 1. The molecule has 0 unspecified atom stereocenters. The first kappa shape index (κ1) is 16.7. The van der Waals surface area contributed by atoms with Crippen molar-refractivity contribution in [3.8, 4) is 5.75 Å². The Morgan fingerprint density at radius 3 is 2.57 bits per heavy atom. The molecule has 0 atom stereocenters. The van der Waals surface area contributed by atoms with Crippen molar-refractivity contribution in [2.24, 2.45) is 0 Å². The van der Waals surface area contributed by atoms with Gasteiger partial charge in [-0.3, -0.25) is 9.59 Å². The summed E-state index contributed by atoms with van der Waals surface area (Å²) in [5.74, 6) is 0.462. The summed E-state index contributed by atoms with van der Waals surface area (Å²) < 4.78 is 5.68. The van der Waals surface area contributed by atoms with Gasteiger partial charge in [-0.15, -0.1) is 0 Å². The van der Waals surface area contributed by atoms with Crippen molar-refractivity contribution < 1.29 is 14.3 Å². The number of rotatable bonds is 7. The third-order valence-electron chi connectivity index (χ3n) is 3.26. The van der Waals surface area contributed by atoms with Crippen molar-refractivity contribution in [3.05, 3.63) is 59.7 Å². The second-order valence-corrected chi connectivity index (χ2v) is 5.57. The number of carbonyl (C=O) groups is 2. The van der Waals surface area contributed by atoms with Gasteiger partial charge in [-0.05, 0) is 44.0 Å². The SMILES string of the molecule is CC(C)Oc1ccc(C=O)cc1NC(=O)CCc1ccccc1. The number of nitrogens with one attached hydrogen (secondary N) is 1. The topological polar surface area (TPSA) is 55.4 Å². The van der Waals surface area contributed by atoms with Crippen LogP contribution >= 0.6 is 0 Å². The Hall–Kier alpha value is -2.62. The fourth-order valence-corrected chi connectivity index (χ4v) is 2.19. The molecule has 0 aromatic heterocycles.